The molecule has 3 rings (SSSR count). The zero-order chi connectivity index (χ0) is 13.9. The molecule has 0 spiro atoms. The van der Waals surface area contributed by atoms with Crippen LogP contribution in [0, 0.1) is 5.92 Å². The zero-order valence-electron chi connectivity index (χ0n) is 11.5. The monoisotopic (exact) mass is 266 g/mol. The third-order valence-electron chi connectivity index (χ3n) is 3.96. The summed E-state index contributed by atoms with van der Waals surface area (Å²) in [6.07, 6.45) is 0.182. The Bertz CT molecular complexity index is 577. The fourth-order valence-electron chi connectivity index (χ4n) is 2.75. The van der Waals surface area contributed by atoms with Crippen LogP contribution in [0.5, 0.6) is 0 Å². The molecule has 0 aliphatic carbocycles. The molecule has 2 nitrogen and oxygen atoms in total. The second-order valence-corrected chi connectivity index (χ2v) is 5.33. The van der Waals surface area contributed by atoms with Gasteiger partial charge < -0.3 is 4.74 Å². The number of carbonyl (C=O) groups excluding carboxylic acids is 1. The highest BCUT2D eigenvalue weighted by Crippen LogP contribution is 2.40. The van der Waals surface area contributed by atoms with Gasteiger partial charge in [-0.05, 0) is 11.1 Å². The quantitative estimate of drug-likeness (QED) is 0.818. The molecule has 0 unspecified atom stereocenters. The lowest BCUT2D eigenvalue weighted by Crippen LogP contribution is -2.31. The first kappa shape index (κ1) is 13.1. The van der Waals surface area contributed by atoms with E-state index in [1.165, 1.54) is 0 Å². The average Bonchev–Trinajstić information content (AvgIpc) is 2.51. The van der Waals surface area contributed by atoms with Gasteiger partial charge in [0.25, 0.3) is 0 Å². The van der Waals surface area contributed by atoms with Crippen LogP contribution in [0.4, 0.5) is 0 Å². The van der Waals surface area contributed by atoms with Crippen LogP contribution in [0.25, 0.3) is 0 Å². The molecular formula is C18H18O2. The Kier molecular flexibility index (Phi) is 3.66. The molecule has 1 aliphatic heterocycles. The number of carbonyl (C=O) groups is 1. The predicted octanol–water partition coefficient (Wildman–Crippen LogP) is 4.09. The van der Waals surface area contributed by atoms with E-state index in [-0.39, 0.29) is 23.9 Å². The van der Waals surface area contributed by atoms with Crippen LogP contribution in [0.2, 0.25) is 0 Å². The highest BCUT2D eigenvalue weighted by molar-refractivity contribution is 5.82. The van der Waals surface area contributed by atoms with Crippen molar-refractivity contribution in [3.63, 3.8) is 0 Å². The summed E-state index contributed by atoms with van der Waals surface area (Å²) in [6, 6.07) is 20.0. The summed E-state index contributed by atoms with van der Waals surface area (Å²) in [5.41, 5.74) is 2.16. The van der Waals surface area contributed by atoms with E-state index < -0.39 is 0 Å². The standard InChI is InChI=1S/C18H18O2/c1-13-16(19)12-17(14-8-4-2-5-9-14)20-18(13)15-10-6-3-7-11-15/h2-11,13,17-18H,12H2,1H3/t13-,17-,18+/m1/s1. The van der Waals surface area contributed by atoms with Gasteiger partial charge in [-0.25, -0.2) is 0 Å². The molecule has 1 heterocycles. The van der Waals surface area contributed by atoms with Gasteiger partial charge >= 0.3 is 0 Å². The maximum Gasteiger partial charge on any atom is 0.141 e. The maximum atomic E-state index is 12.3. The lowest BCUT2D eigenvalue weighted by atomic mass is 9.86. The molecular weight excluding hydrogens is 248 g/mol. The summed E-state index contributed by atoms with van der Waals surface area (Å²) < 4.78 is 6.22. The van der Waals surface area contributed by atoms with Gasteiger partial charge in [0.05, 0.1) is 12.2 Å². The molecule has 20 heavy (non-hydrogen) atoms. The Balaban J connectivity index is 1.89. The lowest BCUT2D eigenvalue weighted by Gasteiger charge is -2.34. The molecule has 0 N–H and O–H groups in total. The van der Waals surface area contributed by atoms with Crippen molar-refractivity contribution in [1.29, 1.82) is 0 Å². The molecule has 1 aliphatic rings. The molecule has 2 aromatic carbocycles. The number of ether oxygens (including phenoxy) is 1. The molecule has 3 atom stereocenters. The van der Waals surface area contributed by atoms with Gasteiger partial charge in [0.1, 0.15) is 5.78 Å². The molecule has 0 aromatic heterocycles. The van der Waals surface area contributed by atoms with Gasteiger partial charge in [-0.1, -0.05) is 67.6 Å². The number of Topliss-reactive ketones (excluding diaryl/α,β-unsaturated/α-hetero) is 1. The first-order valence-corrected chi connectivity index (χ1v) is 7.04. The number of rotatable bonds is 2. The Morgan fingerprint density at radius 3 is 2.05 bits per heavy atom. The SMILES string of the molecule is C[C@@H]1C(=O)C[C@H](c2ccccc2)O[C@@H]1c1ccccc1. The van der Waals surface area contributed by atoms with Crippen LogP contribution in [0.15, 0.2) is 60.7 Å². The summed E-state index contributed by atoms with van der Waals surface area (Å²) in [7, 11) is 0. The first-order chi connectivity index (χ1) is 9.75. The van der Waals surface area contributed by atoms with Crippen molar-refractivity contribution >= 4 is 5.78 Å². The fraction of sp³-hybridized carbons (Fsp3) is 0.278. The van der Waals surface area contributed by atoms with Gasteiger partial charge in [0.15, 0.2) is 0 Å². The minimum absolute atomic E-state index is 0.0858. The third kappa shape index (κ3) is 2.52. The number of hydrogen-bond donors (Lipinski definition) is 0. The van der Waals surface area contributed by atoms with E-state index >= 15 is 0 Å². The molecule has 102 valence electrons. The summed E-state index contributed by atoms with van der Waals surface area (Å²) in [6.45, 7) is 1.96. The molecule has 2 heteroatoms. The normalized spacial score (nSPS) is 26.4. The molecule has 2 aromatic rings. The van der Waals surface area contributed by atoms with Crippen molar-refractivity contribution in [3.8, 4) is 0 Å². The minimum Gasteiger partial charge on any atom is -0.364 e. The summed E-state index contributed by atoms with van der Waals surface area (Å²) in [5, 5.41) is 0. The topological polar surface area (TPSA) is 26.3 Å². The molecule has 1 saturated heterocycles. The first-order valence-electron chi connectivity index (χ1n) is 7.04. The van der Waals surface area contributed by atoms with E-state index in [1.807, 2.05) is 67.6 Å². The van der Waals surface area contributed by atoms with Gasteiger partial charge in [0.2, 0.25) is 0 Å². The number of benzene rings is 2. The molecule has 1 fully saturated rings. The highest BCUT2D eigenvalue weighted by Gasteiger charge is 2.35. The van der Waals surface area contributed by atoms with Crippen LogP contribution in [0.3, 0.4) is 0 Å². The Morgan fingerprint density at radius 1 is 0.900 bits per heavy atom. The van der Waals surface area contributed by atoms with Crippen LogP contribution >= 0.6 is 0 Å². The smallest absolute Gasteiger partial charge is 0.141 e. The van der Waals surface area contributed by atoms with Crippen molar-refractivity contribution in [2.24, 2.45) is 5.92 Å². The van der Waals surface area contributed by atoms with E-state index in [1.54, 1.807) is 0 Å². The summed E-state index contributed by atoms with van der Waals surface area (Å²) >= 11 is 0. The Hall–Kier alpha value is -1.93. The third-order valence-corrected chi connectivity index (χ3v) is 3.96. The van der Waals surface area contributed by atoms with Crippen molar-refractivity contribution < 1.29 is 9.53 Å². The average molecular weight is 266 g/mol. The van der Waals surface area contributed by atoms with E-state index in [4.69, 9.17) is 4.74 Å². The summed E-state index contributed by atoms with van der Waals surface area (Å²) in [5.74, 6) is 0.191. The predicted molar refractivity (Wildman–Crippen MR) is 78.2 cm³/mol. The minimum atomic E-state index is -0.150. The number of hydrogen-bond acceptors (Lipinski definition) is 2. The van der Waals surface area contributed by atoms with Crippen LogP contribution in [-0.4, -0.2) is 5.78 Å². The largest absolute Gasteiger partial charge is 0.364 e. The molecule has 0 saturated carbocycles. The Labute approximate surface area is 119 Å². The van der Waals surface area contributed by atoms with Gasteiger partial charge in [0, 0.05) is 12.3 Å². The second kappa shape index (κ2) is 5.59. The molecule has 0 amide bonds. The Morgan fingerprint density at radius 2 is 1.45 bits per heavy atom. The van der Waals surface area contributed by atoms with Crippen molar-refractivity contribution in [1.82, 2.24) is 0 Å². The summed E-state index contributed by atoms with van der Waals surface area (Å²) in [4.78, 5) is 12.3. The number of ketones is 1. The zero-order valence-corrected chi connectivity index (χ0v) is 11.5. The van der Waals surface area contributed by atoms with Gasteiger partial charge in [-0.2, -0.15) is 0 Å². The lowest BCUT2D eigenvalue weighted by molar-refractivity contribution is -0.146. The van der Waals surface area contributed by atoms with E-state index in [0.717, 1.165) is 11.1 Å². The van der Waals surface area contributed by atoms with Crippen LogP contribution in [-0.2, 0) is 9.53 Å². The second-order valence-electron chi connectivity index (χ2n) is 5.33. The van der Waals surface area contributed by atoms with Gasteiger partial charge in [-0.15, -0.1) is 0 Å². The highest BCUT2D eigenvalue weighted by atomic mass is 16.5. The van der Waals surface area contributed by atoms with Crippen LogP contribution in [0.1, 0.15) is 36.7 Å². The van der Waals surface area contributed by atoms with E-state index in [9.17, 15) is 4.79 Å². The van der Waals surface area contributed by atoms with Crippen molar-refractivity contribution in [2.75, 3.05) is 0 Å². The maximum absolute atomic E-state index is 12.3. The molecule has 0 radical (unpaired) electrons. The van der Waals surface area contributed by atoms with Crippen molar-refractivity contribution in [2.45, 2.75) is 25.6 Å². The van der Waals surface area contributed by atoms with E-state index in [0.29, 0.717) is 6.42 Å². The van der Waals surface area contributed by atoms with Gasteiger partial charge in [-0.3, -0.25) is 4.79 Å². The van der Waals surface area contributed by atoms with E-state index in [2.05, 4.69) is 0 Å². The van der Waals surface area contributed by atoms with Crippen molar-refractivity contribution in [3.05, 3.63) is 71.8 Å². The fourth-order valence-corrected chi connectivity index (χ4v) is 2.75. The van der Waals surface area contributed by atoms with Crippen LogP contribution < -0.4 is 0 Å². The molecule has 0 bridgehead atoms.